The van der Waals surface area contributed by atoms with Crippen molar-refractivity contribution < 1.29 is 129 Å². The Morgan fingerprint density at radius 3 is 1.71 bits per heavy atom. The minimum atomic E-state index is -2.10. The van der Waals surface area contributed by atoms with Gasteiger partial charge in [0.2, 0.25) is 0 Å². The van der Waals surface area contributed by atoms with Crippen LogP contribution < -0.4 is 0 Å². The average molecular weight is 1210 g/mol. The number of fused-ring (bicyclic) bond motifs is 7. The Balaban J connectivity index is 0.883. The van der Waals surface area contributed by atoms with Gasteiger partial charge in [-0.3, -0.25) is 4.79 Å². The van der Waals surface area contributed by atoms with Crippen LogP contribution >= 0.6 is 0 Å². The minimum Gasteiger partial charge on any atom is -0.481 e. The van der Waals surface area contributed by atoms with E-state index in [0.29, 0.717) is 19.3 Å². The maximum Gasteiger partial charge on any atom is 0.310 e. The lowest BCUT2D eigenvalue weighted by atomic mass is 9.33. The molecule has 84 heavy (non-hydrogen) atoms. The van der Waals surface area contributed by atoms with Gasteiger partial charge in [0.1, 0.15) is 110 Å². The minimum absolute atomic E-state index is 0.0206. The predicted molar refractivity (Wildman–Crippen MR) is 284 cm³/mol. The topological polar surface area (TPSA) is 413 Å². The highest BCUT2D eigenvalue weighted by Gasteiger charge is 2.70. The molecule has 31 atom stereocenters. The first-order valence-corrected chi connectivity index (χ1v) is 30.2. The fraction of sp³-hybridized carbons (Fsp3) is 0.948. The van der Waals surface area contributed by atoms with Crippen LogP contribution in [0.4, 0.5) is 0 Å². The quantitative estimate of drug-likeness (QED) is 0.0639. The SMILES string of the molecule is CC1(C)CC[C@]2(C(=O)O)CC[C@]3(C)C(=CC[C@@H]4[C@@]5(C)CC[C@H](O[C@@H]6OC[C@H](O)[C@H](O[C@@H]7O[C@H](CO)[C@@H](O[C@@H]8O[C@H](CO)[C@H](O)[C@H](O[C@@H]9OC[C@@H](O)[C@H](O)[C@H]9O)[C@H]8O)[C@H](O)[C@H]7O)[C@H]6O[C@@H]6O[C@H](CO)[C@@H](O)[C@H](O)[C@H]6O)C(C)(C)C5CC[C@]43C)[C@H]2C1. The zero-order valence-electron chi connectivity index (χ0n) is 49.0. The second kappa shape index (κ2) is 24.1. The number of aliphatic carboxylic acids is 1. The number of carboxylic acids is 1. The highest BCUT2D eigenvalue weighted by molar-refractivity contribution is 5.76. The average Bonchev–Trinajstić information content (AvgIpc) is 0.690. The zero-order chi connectivity index (χ0) is 61.1. The summed E-state index contributed by atoms with van der Waals surface area (Å²) in [6, 6.07) is 0. The first-order valence-electron chi connectivity index (χ1n) is 30.2. The number of carbonyl (C=O) groups is 1. The summed E-state index contributed by atoms with van der Waals surface area (Å²) < 4.78 is 60.3. The molecule has 0 aromatic carbocycles. The molecule has 15 N–H and O–H groups in total. The van der Waals surface area contributed by atoms with Gasteiger partial charge >= 0.3 is 5.97 Å². The molecule has 5 saturated heterocycles. The smallest absolute Gasteiger partial charge is 0.310 e. The number of hydrogen-bond acceptors (Lipinski definition) is 25. The van der Waals surface area contributed by atoms with Crippen LogP contribution in [0.15, 0.2) is 11.6 Å². The number of aliphatic hydroxyl groups is 14. The normalized spacial score (nSPS) is 53.8. The van der Waals surface area contributed by atoms with Crippen molar-refractivity contribution in [3.8, 4) is 0 Å². The van der Waals surface area contributed by atoms with Crippen molar-refractivity contribution in [2.45, 2.75) is 260 Å². The largest absolute Gasteiger partial charge is 0.481 e. The van der Waals surface area contributed by atoms with E-state index in [4.69, 9.17) is 47.4 Å². The van der Waals surface area contributed by atoms with Gasteiger partial charge in [0.15, 0.2) is 31.5 Å². The van der Waals surface area contributed by atoms with Gasteiger partial charge in [0.25, 0.3) is 0 Å². The van der Waals surface area contributed by atoms with Gasteiger partial charge in [-0.1, -0.05) is 60.1 Å². The Kier molecular flexibility index (Phi) is 18.7. The summed E-state index contributed by atoms with van der Waals surface area (Å²) in [6.45, 7) is 12.5. The van der Waals surface area contributed by atoms with E-state index in [0.717, 1.165) is 44.9 Å². The Bertz CT molecular complexity index is 2330. The van der Waals surface area contributed by atoms with Crippen LogP contribution in [-0.2, 0) is 52.2 Å². The van der Waals surface area contributed by atoms with Crippen LogP contribution in [0.3, 0.4) is 0 Å². The molecule has 10 aliphatic rings. The number of rotatable bonds is 14. The summed E-state index contributed by atoms with van der Waals surface area (Å²) in [6.07, 6.45) is -31.1. The number of hydrogen-bond donors (Lipinski definition) is 15. The van der Waals surface area contributed by atoms with Gasteiger partial charge in [0.05, 0.1) is 44.6 Å². The van der Waals surface area contributed by atoms with Crippen molar-refractivity contribution in [3.05, 3.63) is 11.6 Å². The third-order valence-corrected chi connectivity index (χ3v) is 22.8. The second-order valence-corrected chi connectivity index (χ2v) is 28.2. The van der Waals surface area contributed by atoms with Crippen LogP contribution in [0.1, 0.15) is 113 Å². The Labute approximate surface area is 488 Å². The van der Waals surface area contributed by atoms with Crippen LogP contribution in [0.25, 0.3) is 0 Å². The maximum atomic E-state index is 13.3. The highest BCUT2D eigenvalue weighted by atomic mass is 16.8. The fourth-order valence-corrected chi connectivity index (χ4v) is 17.5. The summed E-state index contributed by atoms with van der Waals surface area (Å²) in [5.41, 5.74) is -0.539. The second-order valence-electron chi connectivity index (χ2n) is 28.2. The van der Waals surface area contributed by atoms with Crippen LogP contribution in [0.2, 0.25) is 0 Å². The molecule has 1 unspecified atom stereocenters. The zero-order valence-corrected chi connectivity index (χ0v) is 49.0. The molecule has 5 aliphatic carbocycles. The van der Waals surface area contributed by atoms with Crippen LogP contribution in [0, 0.1) is 50.2 Å². The molecule has 9 fully saturated rings. The lowest BCUT2D eigenvalue weighted by Crippen LogP contribution is -2.68. The van der Waals surface area contributed by atoms with Crippen molar-refractivity contribution in [1.82, 2.24) is 0 Å². The van der Waals surface area contributed by atoms with Gasteiger partial charge in [-0.15, -0.1) is 0 Å². The van der Waals surface area contributed by atoms with Gasteiger partial charge < -0.3 is 124 Å². The Morgan fingerprint density at radius 1 is 0.512 bits per heavy atom. The first-order chi connectivity index (χ1) is 39.4. The molecule has 4 saturated carbocycles. The molecule has 0 aromatic rings. The number of ether oxygens (including phenoxy) is 10. The maximum absolute atomic E-state index is 13.3. The number of carboxylic acid groups (broad SMARTS) is 1. The first kappa shape index (κ1) is 65.2. The van der Waals surface area contributed by atoms with Gasteiger partial charge in [-0.2, -0.15) is 0 Å². The third kappa shape index (κ3) is 10.9. The predicted octanol–water partition coefficient (Wildman–Crippen LogP) is -2.37. The third-order valence-electron chi connectivity index (χ3n) is 22.8. The standard InChI is InChI=1S/C58H94O26/c1-53(2)14-16-58(52(73)74)17-15-56(6)24(25(58)18-53)8-9-32-55(5)12-11-33(54(3,4)31(55)10-13-57(32,56)7)80-51-46(84-48-40(70)37(67)35(65)28(19-59)77-48)43(27(63)23-76-51)81-49-41(71)38(68)44(30(21-61)79-49)82-50-42(72)45(36(66)29(20-60)78-50)83-47-39(69)34(64)26(62)22-75-47/h8,25-51,59-72H,9-23H2,1-7H3,(H,73,74)/t25-,26-,27+,28-,29-,30-,31?,32-,33+,34+,35-,36+,37+,38-,39-,40-,41-,42-,43+,44-,45+,46-,47+,48+,49+,50+,51+,55+,56-,57-,58+/m1/s1. The van der Waals surface area contributed by atoms with Gasteiger partial charge in [-0.25, -0.2) is 0 Å². The van der Waals surface area contributed by atoms with Crippen molar-refractivity contribution in [2.75, 3.05) is 33.0 Å². The monoisotopic (exact) mass is 1210 g/mol. The molecular weight excluding hydrogens is 1110 g/mol. The van der Waals surface area contributed by atoms with E-state index >= 15 is 0 Å². The lowest BCUT2D eigenvalue weighted by Gasteiger charge is -2.71. The molecule has 26 nitrogen and oxygen atoms in total. The van der Waals surface area contributed by atoms with Crippen LogP contribution in [-0.4, -0.2) is 263 Å². The number of allylic oxidation sites excluding steroid dienone is 2. The van der Waals surface area contributed by atoms with E-state index in [1.165, 1.54) is 5.57 Å². The van der Waals surface area contributed by atoms with E-state index in [9.17, 15) is 81.4 Å². The summed E-state index contributed by atoms with van der Waals surface area (Å²) in [5.74, 6) is -0.378. The van der Waals surface area contributed by atoms with Crippen molar-refractivity contribution >= 4 is 5.97 Å². The highest BCUT2D eigenvalue weighted by Crippen LogP contribution is 2.76. The molecule has 0 radical (unpaired) electrons. The van der Waals surface area contributed by atoms with Crippen molar-refractivity contribution in [2.24, 2.45) is 50.2 Å². The van der Waals surface area contributed by atoms with E-state index in [-0.39, 0.29) is 39.4 Å². The molecule has 0 amide bonds. The Morgan fingerprint density at radius 2 is 1.06 bits per heavy atom. The molecule has 0 bridgehead atoms. The summed E-state index contributed by atoms with van der Waals surface area (Å²) in [7, 11) is 0. The molecule has 482 valence electrons. The Hall–Kier alpha value is -1.75. The van der Waals surface area contributed by atoms with Crippen molar-refractivity contribution in [3.63, 3.8) is 0 Å². The molecule has 10 rings (SSSR count). The fourth-order valence-electron chi connectivity index (χ4n) is 17.5. The molecule has 5 aliphatic heterocycles. The lowest BCUT2D eigenvalue weighted by molar-refractivity contribution is -0.398. The molecule has 5 heterocycles. The summed E-state index contributed by atoms with van der Waals surface area (Å²) in [4.78, 5) is 13.3. The van der Waals surface area contributed by atoms with Gasteiger partial charge in [0, 0.05) is 0 Å². The van der Waals surface area contributed by atoms with Crippen LogP contribution in [0.5, 0.6) is 0 Å². The summed E-state index contributed by atoms with van der Waals surface area (Å²) in [5, 5.41) is 163. The molecule has 0 spiro atoms. The number of aliphatic hydroxyl groups excluding tert-OH is 14. The van der Waals surface area contributed by atoms with E-state index in [1.807, 2.05) is 0 Å². The molecule has 26 heteroatoms. The molecule has 0 aromatic heterocycles. The van der Waals surface area contributed by atoms with Gasteiger partial charge in [-0.05, 0) is 109 Å². The van der Waals surface area contributed by atoms with E-state index < -0.39 is 197 Å². The molecular formula is C58H94O26. The van der Waals surface area contributed by atoms with Crippen molar-refractivity contribution in [1.29, 1.82) is 0 Å². The van der Waals surface area contributed by atoms with E-state index in [2.05, 4.69) is 54.5 Å². The van der Waals surface area contributed by atoms with E-state index in [1.54, 1.807) is 0 Å². The summed E-state index contributed by atoms with van der Waals surface area (Å²) >= 11 is 0.